The second kappa shape index (κ2) is 5.18. The summed E-state index contributed by atoms with van der Waals surface area (Å²) in [4.78, 5) is 11.2. The topological polar surface area (TPSA) is 86.5 Å². The molecule has 5 nitrogen and oxygen atoms in total. The lowest BCUT2D eigenvalue weighted by molar-refractivity contribution is -0.117. The van der Waals surface area contributed by atoms with Crippen molar-refractivity contribution >= 4 is 15.7 Å². The van der Waals surface area contributed by atoms with Gasteiger partial charge in [0.2, 0.25) is 5.91 Å². The molecule has 1 aromatic carbocycles. The molecule has 1 atom stereocenters. The van der Waals surface area contributed by atoms with E-state index in [1.54, 1.807) is 6.92 Å². The maximum absolute atomic E-state index is 12.1. The molecule has 1 aromatic rings. The zero-order chi connectivity index (χ0) is 13.1. The van der Waals surface area contributed by atoms with Crippen molar-refractivity contribution < 1.29 is 17.9 Å². The van der Waals surface area contributed by atoms with Gasteiger partial charge in [-0.05, 0) is 30.7 Å². The second-order valence-corrected chi connectivity index (χ2v) is 5.65. The van der Waals surface area contributed by atoms with Crippen molar-refractivity contribution in [2.45, 2.75) is 23.5 Å². The van der Waals surface area contributed by atoms with Gasteiger partial charge in [-0.3, -0.25) is 4.79 Å². The van der Waals surface area contributed by atoms with Crippen LogP contribution in [0.5, 0.6) is 5.75 Å². The number of nitrogens with two attached hydrogens (primary N) is 1. The molecule has 6 heteroatoms. The molecular weight excluding hydrogens is 242 g/mol. The van der Waals surface area contributed by atoms with Gasteiger partial charge in [0, 0.05) is 0 Å². The minimum atomic E-state index is -3.71. The van der Waals surface area contributed by atoms with Gasteiger partial charge in [0.05, 0.1) is 12.0 Å². The van der Waals surface area contributed by atoms with Crippen LogP contribution in [0.15, 0.2) is 29.2 Å². The largest absolute Gasteiger partial charge is 0.497 e. The Morgan fingerprint density at radius 2 is 1.88 bits per heavy atom. The molecule has 0 saturated carbocycles. The highest BCUT2D eigenvalue weighted by Crippen LogP contribution is 2.21. The third-order valence-electron chi connectivity index (χ3n) is 2.45. The zero-order valence-electron chi connectivity index (χ0n) is 9.71. The number of sulfone groups is 1. The van der Waals surface area contributed by atoms with Gasteiger partial charge in [0.1, 0.15) is 11.0 Å². The quantitative estimate of drug-likeness (QED) is 0.842. The molecular formula is C11H15NO4S. The maximum Gasteiger partial charge on any atom is 0.236 e. The van der Waals surface area contributed by atoms with Crippen molar-refractivity contribution in [3.63, 3.8) is 0 Å². The number of amides is 1. The highest BCUT2D eigenvalue weighted by molar-refractivity contribution is 7.92. The van der Waals surface area contributed by atoms with E-state index in [0.29, 0.717) is 5.75 Å². The number of ether oxygens (including phenoxy) is 1. The summed E-state index contributed by atoms with van der Waals surface area (Å²) < 4.78 is 29.1. The Balaban J connectivity index is 3.16. The second-order valence-electron chi connectivity index (χ2n) is 3.52. The molecule has 0 saturated heterocycles. The predicted octanol–water partition coefficient (Wildman–Crippen LogP) is 0.733. The van der Waals surface area contributed by atoms with E-state index in [1.807, 2.05) is 0 Å². The van der Waals surface area contributed by atoms with Crippen molar-refractivity contribution in [2.75, 3.05) is 7.11 Å². The van der Waals surface area contributed by atoms with Crippen molar-refractivity contribution in [2.24, 2.45) is 5.73 Å². The minimum absolute atomic E-state index is 0.0731. The first-order valence-corrected chi connectivity index (χ1v) is 6.65. The summed E-state index contributed by atoms with van der Waals surface area (Å²) in [5.41, 5.74) is 5.08. The van der Waals surface area contributed by atoms with Gasteiger partial charge >= 0.3 is 0 Å². The first-order valence-electron chi connectivity index (χ1n) is 5.10. The van der Waals surface area contributed by atoms with Crippen LogP contribution < -0.4 is 10.5 Å². The number of hydrogen-bond acceptors (Lipinski definition) is 4. The van der Waals surface area contributed by atoms with E-state index in [-0.39, 0.29) is 11.3 Å². The first-order chi connectivity index (χ1) is 7.93. The summed E-state index contributed by atoms with van der Waals surface area (Å²) >= 11 is 0. The summed E-state index contributed by atoms with van der Waals surface area (Å²) in [5, 5.41) is -1.18. The molecule has 0 spiro atoms. The van der Waals surface area contributed by atoms with Crippen LogP contribution in [0.25, 0.3) is 0 Å². The molecule has 0 aliphatic rings. The van der Waals surface area contributed by atoms with Gasteiger partial charge in [0.25, 0.3) is 0 Å². The van der Waals surface area contributed by atoms with Crippen LogP contribution in [0.2, 0.25) is 0 Å². The normalized spacial score (nSPS) is 13.1. The number of carbonyl (C=O) groups is 1. The molecule has 0 fully saturated rings. The van der Waals surface area contributed by atoms with E-state index in [2.05, 4.69) is 0 Å². The van der Waals surface area contributed by atoms with E-state index < -0.39 is 21.0 Å². The average molecular weight is 257 g/mol. The van der Waals surface area contributed by atoms with Crippen LogP contribution in [0.1, 0.15) is 13.3 Å². The lowest BCUT2D eigenvalue weighted by atomic mass is 10.3. The summed E-state index contributed by atoms with van der Waals surface area (Å²) in [6.07, 6.45) is 0.156. The molecule has 0 aromatic heterocycles. The van der Waals surface area contributed by atoms with Crippen molar-refractivity contribution in [3.05, 3.63) is 24.3 Å². The first kappa shape index (κ1) is 13.5. The van der Waals surface area contributed by atoms with Gasteiger partial charge in [-0.2, -0.15) is 0 Å². The lowest BCUT2D eigenvalue weighted by Crippen LogP contribution is -2.35. The standard InChI is InChI=1S/C11H15NO4S/c1-3-10(11(12)13)17(14,15)9-6-4-8(16-2)5-7-9/h4-7,10H,3H2,1-2H3,(H2,12,13). The highest BCUT2D eigenvalue weighted by atomic mass is 32.2. The van der Waals surface area contributed by atoms with E-state index in [0.717, 1.165) is 0 Å². The van der Waals surface area contributed by atoms with Crippen LogP contribution in [-0.4, -0.2) is 26.7 Å². The fourth-order valence-electron chi connectivity index (χ4n) is 1.50. The fourth-order valence-corrected chi connectivity index (χ4v) is 3.09. The minimum Gasteiger partial charge on any atom is -0.497 e. The van der Waals surface area contributed by atoms with Gasteiger partial charge in [-0.1, -0.05) is 6.92 Å². The number of carbonyl (C=O) groups excluding carboxylic acids is 1. The van der Waals surface area contributed by atoms with Crippen LogP contribution in [0, 0.1) is 0 Å². The Morgan fingerprint density at radius 1 is 1.35 bits per heavy atom. The molecule has 94 valence electrons. The molecule has 0 bridgehead atoms. The van der Waals surface area contributed by atoms with Gasteiger partial charge in [-0.15, -0.1) is 0 Å². The van der Waals surface area contributed by atoms with Crippen LogP contribution in [-0.2, 0) is 14.6 Å². The Morgan fingerprint density at radius 3 is 2.24 bits per heavy atom. The van der Waals surface area contributed by atoms with Gasteiger partial charge < -0.3 is 10.5 Å². The summed E-state index contributed by atoms with van der Waals surface area (Å²) in [5.74, 6) is -0.278. The van der Waals surface area contributed by atoms with Crippen LogP contribution in [0.3, 0.4) is 0 Å². The molecule has 17 heavy (non-hydrogen) atoms. The van der Waals surface area contributed by atoms with E-state index in [9.17, 15) is 13.2 Å². The van der Waals surface area contributed by atoms with Gasteiger partial charge in [-0.25, -0.2) is 8.42 Å². The number of hydrogen-bond donors (Lipinski definition) is 1. The number of benzene rings is 1. The number of rotatable bonds is 5. The molecule has 0 aliphatic heterocycles. The fraction of sp³-hybridized carbons (Fsp3) is 0.364. The Hall–Kier alpha value is -1.56. The molecule has 1 amide bonds. The maximum atomic E-state index is 12.1. The monoisotopic (exact) mass is 257 g/mol. The SMILES string of the molecule is CCC(C(N)=O)S(=O)(=O)c1ccc(OC)cc1. The lowest BCUT2D eigenvalue weighted by Gasteiger charge is -2.12. The number of primary amides is 1. The van der Waals surface area contributed by atoms with E-state index in [1.165, 1.54) is 31.4 Å². The van der Waals surface area contributed by atoms with Crippen molar-refractivity contribution in [1.29, 1.82) is 0 Å². The summed E-state index contributed by atoms with van der Waals surface area (Å²) in [6, 6.07) is 5.86. The summed E-state index contributed by atoms with van der Waals surface area (Å²) in [6.45, 7) is 1.61. The molecule has 1 unspecified atom stereocenters. The third-order valence-corrected chi connectivity index (χ3v) is 4.69. The van der Waals surface area contributed by atoms with E-state index in [4.69, 9.17) is 10.5 Å². The van der Waals surface area contributed by atoms with Crippen molar-refractivity contribution in [1.82, 2.24) is 0 Å². The van der Waals surface area contributed by atoms with Gasteiger partial charge in [0.15, 0.2) is 9.84 Å². The van der Waals surface area contributed by atoms with E-state index >= 15 is 0 Å². The Bertz CT molecular complexity index is 493. The molecule has 0 heterocycles. The summed E-state index contributed by atoms with van der Waals surface area (Å²) in [7, 11) is -2.22. The molecule has 1 rings (SSSR count). The van der Waals surface area contributed by atoms with Crippen molar-refractivity contribution in [3.8, 4) is 5.75 Å². The highest BCUT2D eigenvalue weighted by Gasteiger charge is 2.30. The number of methoxy groups -OCH3 is 1. The van der Waals surface area contributed by atoms with Crippen LogP contribution >= 0.6 is 0 Å². The average Bonchev–Trinajstić information content (AvgIpc) is 2.29. The molecule has 2 N–H and O–H groups in total. The zero-order valence-corrected chi connectivity index (χ0v) is 10.5. The Labute approximate surface area is 100 Å². The van der Waals surface area contributed by atoms with Crippen LogP contribution in [0.4, 0.5) is 0 Å². The molecule has 0 aliphatic carbocycles. The molecule has 0 radical (unpaired) electrons. The Kier molecular flexibility index (Phi) is 4.11. The smallest absolute Gasteiger partial charge is 0.236 e. The third kappa shape index (κ3) is 2.76. The predicted molar refractivity (Wildman–Crippen MR) is 63.5 cm³/mol.